The molecule has 1 N–H and O–H groups in total. The Morgan fingerprint density at radius 2 is 1.68 bits per heavy atom. The number of halogens is 2. The molecule has 0 saturated heterocycles. The number of rotatable bonds is 7. The fourth-order valence-electron chi connectivity index (χ4n) is 3.46. The maximum absolute atomic E-state index is 13.9. The Morgan fingerprint density at radius 1 is 1.00 bits per heavy atom. The number of aromatic nitrogens is 1. The molecule has 3 aromatic rings. The number of nitrogens with one attached hydrogen (secondary N) is 1. The molecule has 2 aromatic carbocycles. The number of sulfone groups is 1. The van der Waals surface area contributed by atoms with Gasteiger partial charge in [-0.25, -0.2) is 17.2 Å². The van der Waals surface area contributed by atoms with E-state index in [2.05, 4.69) is 5.32 Å². The van der Waals surface area contributed by atoms with E-state index in [9.17, 15) is 26.8 Å². The number of amides is 1. The second-order valence-electron chi connectivity index (χ2n) is 7.38. The van der Waals surface area contributed by atoms with Crippen molar-refractivity contribution in [2.24, 2.45) is 0 Å². The summed E-state index contributed by atoms with van der Waals surface area (Å²) in [6.45, 7) is 2.38. The molecule has 180 valence electrons. The average Bonchev–Trinajstić information content (AvgIpc) is 2.78. The van der Waals surface area contributed by atoms with Gasteiger partial charge in [0.1, 0.15) is 23.1 Å². The molecule has 0 fully saturated rings. The SMILES string of the molecule is COc1ccc(S(=O)(=O)c2c(C)cc(C)n(CC(=O)Nc3cc(F)ccc3F)c2=O)cc1OC. The molecule has 0 aliphatic carbocycles. The second kappa shape index (κ2) is 9.64. The molecule has 34 heavy (non-hydrogen) atoms. The molecular weight excluding hydrogens is 470 g/mol. The number of nitrogens with zero attached hydrogens (tertiary/aromatic N) is 1. The Bertz CT molecular complexity index is 1430. The molecule has 0 radical (unpaired) electrons. The molecule has 3 rings (SSSR count). The third kappa shape index (κ3) is 4.79. The molecule has 0 saturated carbocycles. The summed E-state index contributed by atoms with van der Waals surface area (Å²) in [5.41, 5.74) is -0.836. The maximum atomic E-state index is 13.9. The van der Waals surface area contributed by atoms with Gasteiger partial charge in [-0.15, -0.1) is 0 Å². The molecule has 1 heterocycles. The summed E-state index contributed by atoms with van der Waals surface area (Å²) in [5.74, 6) is -2.00. The number of carbonyl (C=O) groups excluding carboxylic acids is 1. The normalized spacial score (nSPS) is 11.2. The molecule has 0 aliphatic rings. The molecule has 1 amide bonds. The summed E-state index contributed by atoms with van der Waals surface area (Å²) in [6.07, 6.45) is 0. The van der Waals surface area contributed by atoms with E-state index in [0.29, 0.717) is 11.4 Å². The molecule has 0 bridgehead atoms. The summed E-state index contributed by atoms with van der Waals surface area (Å²) >= 11 is 0. The van der Waals surface area contributed by atoms with E-state index in [1.54, 1.807) is 0 Å². The van der Waals surface area contributed by atoms with Gasteiger partial charge in [0.05, 0.1) is 24.8 Å². The van der Waals surface area contributed by atoms with Crippen molar-refractivity contribution < 1.29 is 31.5 Å². The highest BCUT2D eigenvalue weighted by molar-refractivity contribution is 7.91. The van der Waals surface area contributed by atoms with Crippen LogP contribution in [-0.2, 0) is 21.2 Å². The van der Waals surface area contributed by atoms with Gasteiger partial charge in [-0.3, -0.25) is 9.59 Å². The standard InChI is InChI=1S/C23H22F2N2O6S/c1-13-9-14(2)27(12-21(28)26-18-10-15(24)5-7-17(18)25)23(29)22(13)34(30,31)16-6-8-19(32-3)20(11-16)33-4/h5-11H,12H2,1-4H3,(H,26,28). The zero-order chi connectivity index (χ0) is 25.2. The van der Waals surface area contributed by atoms with Gasteiger partial charge >= 0.3 is 0 Å². The van der Waals surface area contributed by atoms with Crippen LogP contribution in [0.4, 0.5) is 14.5 Å². The minimum Gasteiger partial charge on any atom is -0.493 e. The lowest BCUT2D eigenvalue weighted by Gasteiger charge is -2.16. The number of aryl methyl sites for hydroxylation is 2. The maximum Gasteiger partial charge on any atom is 0.270 e. The van der Waals surface area contributed by atoms with Crippen molar-refractivity contribution in [2.75, 3.05) is 19.5 Å². The quantitative estimate of drug-likeness (QED) is 0.543. The predicted molar refractivity (Wildman–Crippen MR) is 120 cm³/mol. The monoisotopic (exact) mass is 492 g/mol. The van der Waals surface area contributed by atoms with Crippen LogP contribution in [0.15, 0.2) is 57.1 Å². The fraction of sp³-hybridized carbons (Fsp3) is 0.217. The third-order valence-electron chi connectivity index (χ3n) is 5.09. The van der Waals surface area contributed by atoms with Crippen molar-refractivity contribution in [2.45, 2.75) is 30.2 Å². The highest BCUT2D eigenvalue weighted by Crippen LogP contribution is 2.32. The van der Waals surface area contributed by atoms with Gasteiger partial charge in [-0.1, -0.05) is 0 Å². The first-order valence-electron chi connectivity index (χ1n) is 9.92. The lowest BCUT2D eigenvalue weighted by atomic mass is 10.2. The van der Waals surface area contributed by atoms with Crippen LogP contribution in [0.5, 0.6) is 11.5 Å². The molecule has 0 unspecified atom stereocenters. The van der Waals surface area contributed by atoms with Gasteiger partial charge < -0.3 is 19.4 Å². The van der Waals surface area contributed by atoms with Crippen LogP contribution in [0.3, 0.4) is 0 Å². The van der Waals surface area contributed by atoms with Crippen molar-refractivity contribution in [3.05, 3.63) is 75.7 Å². The Kier molecular flexibility index (Phi) is 7.06. The number of pyridine rings is 1. The van der Waals surface area contributed by atoms with E-state index in [0.717, 1.165) is 22.8 Å². The minimum absolute atomic E-state index is 0.158. The highest BCUT2D eigenvalue weighted by Gasteiger charge is 2.27. The molecular formula is C23H22F2N2O6S. The largest absolute Gasteiger partial charge is 0.493 e. The number of methoxy groups -OCH3 is 2. The van der Waals surface area contributed by atoms with Crippen LogP contribution in [0.2, 0.25) is 0 Å². The smallest absolute Gasteiger partial charge is 0.270 e. The van der Waals surface area contributed by atoms with Crippen molar-refractivity contribution in [1.82, 2.24) is 4.57 Å². The summed E-state index contributed by atoms with van der Waals surface area (Å²) < 4.78 is 65.2. The van der Waals surface area contributed by atoms with Gasteiger partial charge in [0.25, 0.3) is 5.56 Å². The molecule has 0 spiro atoms. The van der Waals surface area contributed by atoms with E-state index in [1.807, 2.05) is 0 Å². The van der Waals surface area contributed by atoms with Crippen molar-refractivity contribution in [3.8, 4) is 11.5 Å². The van der Waals surface area contributed by atoms with E-state index in [4.69, 9.17) is 9.47 Å². The topological polar surface area (TPSA) is 104 Å². The highest BCUT2D eigenvalue weighted by atomic mass is 32.2. The minimum atomic E-state index is -4.31. The number of anilines is 1. The lowest BCUT2D eigenvalue weighted by Crippen LogP contribution is -2.33. The number of ether oxygens (including phenoxy) is 2. The van der Waals surface area contributed by atoms with Crippen molar-refractivity contribution in [3.63, 3.8) is 0 Å². The second-order valence-corrected chi connectivity index (χ2v) is 9.27. The Morgan fingerprint density at radius 3 is 2.32 bits per heavy atom. The van der Waals surface area contributed by atoms with Crippen LogP contribution in [-0.4, -0.2) is 33.1 Å². The van der Waals surface area contributed by atoms with E-state index in [1.165, 1.54) is 52.3 Å². The number of hydrogen-bond donors (Lipinski definition) is 1. The Labute approximate surface area is 194 Å². The van der Waals surface area contributed by atoms with Gasteiger partial charge in [0.15, 0.2) is 11.5 Å². The van der Waals surface area contributed by atoms with Crippen molar-refractivity contribution >= 4 is 21.4 Å². The summed E-state index contributed by atoms with van der Waals surface area (Å²) in [6, 6.07) is 7.90. The molecule has 11 heteroatoms. The van der Waals surface area contributed by atoms with Crippen LogP contribution >= 0.6 is 0 Å². The number of benzene rings is 2. The van der Waals surface area contributed by atoms with Gasteiger partial charge in [0, 0.05) is 17.8 Å². The average molecular weight is 493 g/mol. The van der Waals surface area contributed by atoms with E-state index in [-0.39, 0.29) is 16.2 Å². The zero-order valence-corrected chi connectivity index (χ0v) is 19.6. The summed E-state index contributed by atoms with van der Waals surface area (Å²) in [4.78, 5) is 25.0. The first-order valence-corrected chi connectivity index (χ1v) is 11.4. The van der Waals surface area contributed by atoms with Crippen LogP contribution in [0, 0.1) is 25.5 Å². The number of hydrogen-bond acceptors (Lipinski definition) is 6. The van der Waals surface area contributed by atoms with Crippen molar-refractivity contribution in [1.29, 1.82) is 0 Å². The summed E-state index contributed by atoms with van der Waals surface area (Å²) in [5, 5.41) is 2.19. The van der Waals surface area contributed by atoms with Crippen LogP contribution in [0.25, 0.3) is 0 Å². The predicted octanol–water partition coefficient (Wildman–Crippen LogP) is 3.23. The third-order valence-corrected chi connectivity index (χ3v) is 7.00. The van der Waals surface area contributed by atoms with Gasteiger partial charge in [0.2, 0.25) is 15.7 Å². The molecule has 0 atom stereocenters. The Hall–Kier alpha value is -3.73. The summed E-state index contributed by atoms with van der Waals surface area (Å²) in [7, 11) is -1.57. The lowest BCUT2D eigenvalue weighted by molar-refractivity contribution is -0.116. The molecule has 0 aliphatic heterocycles. The van der Waals surface area contributed by atoms with Crippen LogP contribution in [0.1, 0.15) is 11.3 Å². The van der Waals surface area contributed by atoms with Crippen LogP contribution < -0.4 is 20.3 Å². The first-order chi connectivity index (χ1) is 16.0. The first kappa shape index (κ1) is 24.9. The Balaban J connectivity index is 2.04. The van der Waals surface area contributed by atoms with Gasteiger partial charge in [-0.05, 0) is 49.7 Å². The fourth-order valence-corrected chi connectivity index (χ4v) is 5.03. The van der Waals surface area contributed by atoms with E-state index < -0.39 is 50.1 Å². The van der Waals surface area contributed by atoms with E-state index >= 15 is 0 Å². The molecule has 1 aromatic heterocycles. The number of carbonyl (C=O) groups is 1. The molecule has 8 nitrogen and oxygen atoms in total. The zero-order valence-electron chi connectivity index (χ0n) is 18.8. The van der Waals surface area contributed by atoms with Gasteiger partial charge in [-0.2, -0.15) is 0 Å².